The zero-order valence-corrected chi connectivity index (χ0v) is 11.9. The van der Waals surface area contributed by atoms with E-state index in [1.165, 1.54) is 5.56 Å². The largest absolute Gasteiger partial charge is 0.380 e. The van der Waals surface area contributed by atoms with E-state index in [2.05, 4.69) is 17.4 Å². The van der Waals surface area contributed by atoms with Gasteiger partial charge >= 0.3 is 0 Å². The van der Waals surface area contributed by atoms with Crippen LogP contribution in [0.15, 0.2) is 30.3 Å². The van der Waals surface area contributed by atoms with Crippen LogP contribution >= 0.6 is 0 Å². The summed E-state index contributed by atoms with van der Waals surface area (Å²) in [5.74, 6) is 0.232. The normalized spacial score (nSPS) is 25.6. The third-order valence-electron chi connectivity index (χ3n) is 4.19. The van der Waals surface area contributed by atoms with Crippen LogP contribution in [0, 0.1) is 0 Å². The molecule has 1 aliphatic heterocycles. The highest BCUT2D eigenvalue weighted by Crippen LogP contribution is 2.30. The topological polar surface area (TPSA) is 41.6 Å². The molecule has 2 atom stereocenters. The first-order valence-corrected chi connectivity index (χ1v) is 7.38. The summed E-state index contributed by atoms with van der Waals surface area (Å²) in [6.07, 6.45) is 3.23. The zero-order valence-electron chi connectivity index (χ0n) is 11.9. The van der Waals surface area contributed by atoms with Gasteiger partial charge in [0, 0.05) is 26.2 Å². The number of hydrogen-bond donors (Lipinski definition) is 1. The third-order valence-corrected chi connectivity index (χ3v) is 4.19. The molecule has 0 spiro atoms. The molecule has 1 saturated carbocycles. The Hall–Kier alpha value is -1.39. The molecule has 1 amide bonds. The molecule has 1 heterocycles. The van der Waals surface area contributed by atoms with Gasteiger partial charge in [-0.3, -0.25) is 4.79 Å². The lowest BCUT2D eigenvalue weighted by atomic mass is 10.1. The van der Waals surface area contributed by atoms with E-state index in [1.807, 2.05) is 23.1 Å². The fourth-order valence-corrected chi connectivity index (χ4v) is 2.82. The molecule has 20 heavy (non-hydrogen) atoms. The van der Waals surface area contributed by atoms with Gasteiger partial charge in [-0.25, -0.2) is 0 Å². The summed E-state index contributed by atoms with van der Waals surface area (Å²) in [7, 11) is 1.71. The first-order valence-electron chi connectivity index (χ1n) is 7.38. The van der Waals surface area contributed by atoms with E-state index in [0.29, 0.717) is 6.04 Å². The predicted octanol–water partition coefficient (Wildman–Crippen LogP) is 1.55. The van der Waals surface area contributed by atoms with E-state index in [4.69, 9.17) is 4.74 Å². The SMILES string of the molecule is COC1CNC(C(=O)N(Cc2ccccc2)C2CC2)C1. The Bertz CT molecular complexity index is 459. The summed E-state index contributed by atoms with van der Waals surface area (Å²) in [6.45, 7) is 1.50. The lowest BCUT2D eigenvalue weighted by Gasteiger charge is -2.25. The summed E-state index contributed by atoms with van der Waals surface area (Å²) in [6, 6.07) is 10.6. The lowest BCUT2D eigenvalue weighted by Crippen LogP contribution is -2.44. The van der Waals surface area contributed by atoms with E-state index in [1.54, 1.807) is 7.11 Å². The van der Waals surface area contributed by atoms with E-state index >= 15 is 0 Å². The van der Waals surface area contributed by atoms with Crippen LogP contribution in [0.25, 0.3) is 0 Å². The van der Waals surface area contributed by atoms with Gasteiger partial charge in [0.2, 0.25) is 5.91 Å². The maximum Gasteiger partial charge on any atom is 0.240 e. The molecule has 2 aliphatic rings. The maximum absolute atomic E-state index is 12.7. The number of methoxy groups -OCH3 is 1. The standard InChI is InChI=1S/C16H22N2O2/c1-20-14-9-15(17-10-14)16(19)18(13-7-8-13)11-12-5-3-2-4-6-12/h2-6,13-15,17H,7-11H2,1H3. The van der Waals surface area contributed by atoms with E-state index < -0.39 is 0 Å². The number of nitrogens with one attached hydrogen (secondary N) is 1. The van der Waals surface area contributed by atoms with Gasteiger partial charge in [-0.2, -0.15) is 0 Å². The average molecular weight is 274 g/mol. The van der Waals surface area contributed by atoms with Gasteiger partial charge < -0.3 is 15.0 Å². The van der Waals surface area contributed by atoms with Gasteiger partial charge in [-0.15, -0.1) is 0 Å². The van der Waals surface area contributed by atoms with Crippen molar-refractivity contribution in [1.82, 2.24) is 10.2 Å². The number of amides is 1. The summed E-state index contributed by atoms with van der Waals surface area (Å²) in [4.78, 5) is 14.7. The fourth-order valence-electron chi connectivity index (χ4n) is 2.82. The molecule has 0 radical (unpaired) electrons. The molecule has 1 aliphatic carbocycles. The first kappa shape index (κ1) is 13.6. The Kier molecular flexibility index (Phi) is 4.03. The molecule has 108 valence electrons. The van der Waals surface area contributed by atoms with Crippen molar-refractivity contribution in [1.29, 1.82) is 0 Å². The van der Waals surface area contributed by atoms with Gasteiger partial charge in [-0.1, -0.05) is 30.3 Å². The summed E-state index contributed by atoms with van der Waals surface area (Å²) in [5, 5.41) is 3.29. The van der Waals surface area contributed by atoms with Crippen molar-refractivity contribution in [3.05, 3.63) is 35.9 Å². The molecule has 1 aromatic carbocycles. The van der Waals surface area contributed by atoms with Crippen LogP contribution in [0.5, 0.6) is 0 Å². The Morgan fingerprint density at radius 1 is 1.35 bits per heavy atom. The van der Waals surface area contributed by atoms with Crippen molar-refractivity contribution in [3.63, 3.8) is 0 Å². The quantitative estimate of drug-likeness (QED) is 0.886. The minimum absolute atomic E-state index is 0.0794. The summed E-state index contributed by atoms with van der Waals surface area (Å²) >= 11 is 0. The van der Waals surface area contributed by atoms with Crippen LogP contribution in [0.3, 0.4) is 0 Å². The summed E-state index contributed by atoms with van der Waals surface area (Å²) in [5.41, 5.74) is 1.20. The zero-order chi connectivity index (χ0) is 13.9. The van der Waals surface area contributed by atoms with Crippen molar-refractivity contribution in [2.75, 3.05) is 13.7 Å². The number of ether oxygens (including phenoxy) is 1. The average Bonchev–Trinajstić information content (AvgIpc) is 3.21. The molecule has 3 rings (SSSR count). The lowest BCUT2D eigenvalue weighted by molar-refractivity contribution is -0.134. The highest BCUT2D eigenvalue weighted by Gasteiger charge is 2.38. The second kappa shape index (κ2) is 5.94. The highest BCUT2D eigenvalue weighted by molar-refractivity contribution is 5.83. The number of carbonyl (C=O) groups excluding carboxylic acids is 1. The molecule has 4 heteroatoms. The molecule has 0 bridgehead atoms. The van der Waals surface area contributed by atoms with Gasteiger partial charge in [-0.05, 0) is 24.8 Å². The molecule has 4 nitrogen and oxygen atoms in total. The first-order chi connectivity index (χ1) is 9.78. The van der Waals surface area contributed by atoms with Crippen LogP contribution in [-0.2, 0) is 16.1 Å². The fraction of sp³-hybridized carbons (Fsp3) is 0.562. The molecule has 1 saturated heterocycles. The molecule has 0 aromatic heterocycles. The van der Waals surface area contributed by atoms with Crippen molar-refractivity contribution in [2.45, 2.75) is 44.0 Å². The Labute approximate surface area is 120 Å². The van der Waals surface area contributed by atoms with E-state index in [-0.39, 0.29) is 18.1 Å². The molecular weight excluding hydrogens is 252 g/mol. The Morgan fingerprint density at radius 2 is 2.10 bits per heavy atom. The molecule has 1 N–H and O–H groups in total. The van der Waals surface area contributed by atoms with E-state index in [0.717, 1.165) is 32.4 Å². The summed E-state index contributed by atoms with van der Waals surface area (Å²) < 4.78 is 5.33. The van der Waals surface area contributed by atoms with Crippen LogP contribution in [0.1, 0.15) is 24.8 Å². The third kappa shape index (κ3) is 3.02. The van der Waals surface area contributed by atoms with Gasteiger partial charge in [0.25, 0.3) is 0 Å². The van der Waals surface area contributed by atoms with Crippen molar-refractivity contribution in [3.8, 4) is 0 Å². The maximum atomic E-state index is 12.7. The second-order valence-electron chi connectivity index (χ2n) is 5.74. The van der Waals surface area contributed by atoms with Gasteiger partial charge in [0.1, 0.15) is 0 Å². The highest BCUT2D eigenvalue weighted by atomic mass is 16.5. The number of hydrogen-bond acceptors (Lipinski definition) is 3. The molecule has 2 fully saturated rings. The van der Waals surface area contributed by atoms with Crippen LogP contribution in [0.4, 0.5) is 0 Å². The smallest absolute Gasteiger partial charge is 0.240 e. The molecule has 1 aromatic rings. The predicted molar refractivity (Wildman–Crippen MR) is 77.2 cm³/mol. The minimum Gasteiger partial charge on any atom is -0.380 e. The van der Waals surface area contributed by atoms with Crippen molar-refractivity contribution < 1.29 is 9.53 Å². The minimum atomic E-state index is -0.0794. The van der Waals surface area contributed by atoms with Gasteiger partial charge in [0.15, 0.2) is 0 Å². The monoisotopic (exact) mass is 274 g/mol. The second-order valence-corrected chi connectivity index (χ2v) is 5.74. The number of nitrogens with zero attached hydrogens (tertiary/aromatic N) is 1. The molecule has 2 unspecified atom stereocenters. The Morgan fingerprint density at radius 3 is 2.70 bits per heavy atom. The van der Waals surface area contributed by atoms with Crippen LogP contribution in [-0.4, -0.2) is 42.6 Å². The Balaban J connectivity index is 1.66. The number of carbonyl (C=O) groups is 1. The van der Waals surface area contributed by atoms with Crippen molar-refractivity contribution >= 4 is 5.91 Å². The number of rotatable bonds is 5. The van der Waals surface area contributed by atoms with E-state index in [9.17, 15) is 4.79 Å². The van der Waals surface area contributed by atoms with Crippen LogP contribution in [0.2, 0.25) is 0 Å². The van der Waals surface area contributed by atoms with Gasteiger partial charge in [0.05, 0.1) is 12.1 Å². The van der Waals surface area contributed by atoms with Crippen LogP contribution < -0.4 is 5.32 Å². The van der Waals surface area contributed by atoms with Crippen molar-refractivity contribution in [2.24, 2.45) is 0 Å². The number of benzene rings is 1. The molecular formula is C16H22N2O2.